The molecular weight excluding hydrogens is 347 g/mol. The van der Waals surface area contributed by atoms with Crippen LogP contribution in [-0.2, 0) is 5.60 Å². The van der Waals surface area contributed by atoms with Crippen LogP contribution in [0.1, 0.15) is 29.8 Å². The fourth-order valence-corrected chi connectivity index (χ4v) is 3.20. The van der Waals surface area contributed by atoms with Crippen molar-refractivity contribution in [2.45, 2.75) is 38.7 Å². The fraction of sp³-hybridized carbons (Fsp3) is 0.444. The van der Waals surface area contributed by atoms with Gasteiger partial charge in [0.25, 0.3) is 0 Å². The van der Waals surface area contributed by atoms with Gasteiger partial charge in [0, 0.05) is 24.5 Å². The minimum atomic E-state index is -4.76. The summed E-state index contributed by atoms with van der Waals surface area (Å²) in [5.74, 6) is 0.280. The predicted octanol–water partition coefficient (Wildman–Crippen LogP) is 3.48. The van der Waals surface area contributed by atoms with Crippen LogP contribution in [-0.4, -0.2) is 34.5 Å². The second kappa shape index (κ2) is 6.75. The third-order valence-electron chi connectivity index (χ3n) is 4.45. The Morgan fingerprint density at radius 3 is 2.27 bits per heavy atom. The summed E-state index contributed by atoms with van der Waals surface area (Å²) in [5.41, 5.74) is 0.941. The number of piperidine rings is 1. The van der Waals surface area contributed by atoms with Crippen molar-refractivity contribution in [3.05, 3.63) is 47.3 Å². The summed E-state index contributed by atoms with van der Waals surface area (Å²) in [6.45, 7) is 4.79. The van der Waals surface area contributed by atoms with Gasteiger partial charge in [-0.05, 0) is 50.5 Å². The van der Waals surface area contributed by atoms with Gasteiger partial charge in [-0.3, -0.25) is 0 Å². The second-order valence-electron chi connectivity index (χ2n) is 6.54. The lowest BCUT2D eigenvalue weighted by Crippen LogP contribution is -2.43. The van der Waals surface area contributed by atoms with E-state index in [1.54, 1.807) is 6.07 Å². The average Bonchev–Trinajstić information content (AvgIpc) is 2.53. The molecule has 2 aromatic rings. The topological polar surface area (TPSA) is 58.5 Å². The molecular formula is C18H20F3N3O2. The molecule has 1 aromatic carbocycles. The molecule has 0 spiro atoms. The van der Waals surface area contributed by atoms with Crippen molar-refractivity contribution in [3.63, 3.8) is 0 Å². The Kier molecular flexibility index (Phi) is 4.79. The molecule has 0 atom stereocenters. The summed E-state index contributed by atoms with van der Waals surface area (Å²) in [7, 11) is 0. The molecule has 0 radical (unpaired) electrons. The van der Waals surface area contributed by atoms with E-state index in [0.29, 0.717) is 37.4 Å². The maximum Gasteiger partial charge on any atom is 0.573 e. The molecule has 0 bridgehead atoms. The van der Waals surface area contributed by atoms with Gasteiger partial charge in [-0.1, -0.05) is 12.1 Å². The van der Waals surface area contributed by atoms with Gasteiger partial charge in [-0.15, -0.1) is 13.2 Å². The molecule has 2 heterocycles. The summed E-state index contributed by atoms with van der Waals surface area (Å²) in [4.78, 5) is 10.8. The number of ether oxygens (including phenoxy) is 1. The third kappa shape index (κ3) is 4.24. The van der Waals surface area contributed by atoms with Gasteiger partial charge in [0.1, 0.15) is 5.75 Å². The molecule has 0 aliphatic carbocycles. The normalized spacial score (nSPS) is 17.2. The first-order chi connectivity index (χ1) is 12.1. The van der Waals surface area contributed by atoms with Crippen molar-refractivity contribution in [3.8, 4) is 5.75 Å². The van der Waals surface area contributed by atoms with E-state index in [-0.39, 0.29) is 5.75 Å². The number of aromatic nitrogens is 2. The van der Waals surface area contributed by atoms with Crippen LogP contribution < -0.4 is 9.64 Å². The molecule has 8 heteroatoms. The van der Waals surface area contributed by atoms with Crippen LogP contribution in [0.25, 0.3) is 0 Å². The number of alkyl halides is 3. The maximum absolute atomic E-state index is 12.4. The fourth-order valence-electron chi connectivity index (χ4n) is 3.20. The van der Waals surface area contributed by atoms with Gasteiger partial charge >= 0.3 is 6.36 Å². The average molecular weight is 367 g/mol. The SMILES string of the molecule is Cc1cc(C)nc(N2CCC(O)(c3cccc(OC(F)(F)F)c3)CC2)n1. The van der Waals surface area contributed by atoms with Crippen molar-refractivity contribution in [1.29, 1.82) is 0 Å². The highest BCUT2D eigenvalue weighted by Crippen LogP contribution is 2.36. The first-order valence-electron chi connectivity index (χ1n) is 8.31. The minimum Gasteiger partial charge on any atom is -0.406 e. The van der Waals surface area contributed by atoms with Crippen LogP contribution >= 0.6 is 0 Å². The summed E-state index contributed by atoms with van der Waals surface area (Å²) >= 11 is 0. The van der Waals surface area contributed by atoms with E-state index in [1.165, 1.54) is 18.2 Å². The molecule has 0 unspecified atom stereocenters. The molecule has 1 saturated heterocycles. The van der Waals surface area contributed by atoms with Crippen LogP contribution in [0, 0.1) is 13.8 Å². The van der Waals surface area contributed by atoms with E-state index >= 15 is 0 Å². The molecule has 140 valence electrons. The third-order valence-corrected chi connectivity index (χ3v) is 4.45. The van der Waals surface area contributed by atoms with Gasteiger partial charge in [-0.25, -0.2) is 9.97 Å². The largest absolute Gasteiger partial charge is 0.573 e. The highest BCUT2D eigenvalue weighted by molar-refractivity contribution is 5.37. The van der Waals surface area contributed by atoms with E-state index < -0.39 is 12.0 Å². The van der Waals surface area contributed by atoms with E-state index in [9.17, 15) is 18.3 Å². The monoisotopic (exact) mass is 367 g/mol. The number of aliphatic hydroxyl groups is 1. The molecule has 1 N–H and O–H groups in total. The maximum atomic E-state index is 12.4. The molecule has 1 aliphatic rings. The number of aryl methyl sites for hydroxylation is 2. The Labute approximate surface area is 149 Å². The number of rotatable bonds is 3. The molecule has 5 nitrogen and oxygen atoms in total. The Hall–Kier alpha value is -2.35. The van der Waals surface area contributed by atoms with Crippen LogP contribution in [0.4, 0.5) is 19.1 Å². The van der Waals surface area contributed by atoms with Crippen molar-refractivity contribution in [2.75, 3.05) is 18.0 Å². The van der Waals surface area contributed by atoms with Crippen molar-refractivity contribution in [2.24, 2.45) is 0 Å². The van der Waals surface area contributed by atoms with E-state index in [1.807, 2.05) is 24.8 Å². The summed E-state index contributed by atoms with van der Waals surface area (Å²) in [6, 6.07) is 7.42. The van der Waals surface area contributed by atoms with E-state index in [4.69, 9.17) is 0 Å². The van der Waals surface area contributed by atoms with E-state index in [0.717, 1.165) is 11.4 Å². The number of nitrogens with zero attached hydrogens (tertiary/aromatic N) is 3. The molecule has 0 amide bonds. The molecule has 3 rings (SSSR count). The number of anilines is 1. The summed E-state index contributed by atoms with van der Waals surface area (Å²) < 4.78 is 41.2. The smallest absolute Gasteiger partial charge is 0.406 e. The number of benzene rings is 1. The van der Waals surface area contributed by atoms with Crippen LogP contribution in [0.3, 0.4) is 0 Å². The Morgan fingerprint density at radius 2 is 1.69 bits per heavy atom. The first-order valence-corrected chi connectivity index (χ1v) is 8.31. The molecule has 1 aromatic heterocycles. The molecule has 26 heavy (non-hydrogen) atoms. The van der Waals surface area contributed by atoms with Crippen molar-refractivity contribution < 1.29 is 23.0 Å². The van der Waals surface area contributed by atoms with Crippen molar-refractivity contribution in [1.82, 2.24) is 9.97 Å². The standard InChI is InChI=1S/C18H20F3N3O2/c1-12-10-13(2)23-16(22-12)24-8-6-17(25,7-9-24)14-4-3-5-15(11-14)26-18(19,20)21/h3-5,10-11,25H,6-9H2,1-2H3. The van der Waals surface area contributed by atoms with Gasteiger partial charge in [0.15, 0.2) is 0 Å². The molecule has 1 fully saturated rings. The lowest BCUT2D eigenvalue weighted by atomic mass is 9.84. The van der Waals surface area contributed by atoms with Gasteiger partial charge in [-0.2, -0.15) is 0 Å². The molecule has 1 aliphatic heterocycles. The zero-order valence-corrected chi connectivity index (χ0v) is 14.5. The predicted molar refractivity (Wildman–Crippen MR) is 90.0 cm³/mol. The number of halogens is 3. The first kappa shape index (κ1) is 18.4. The van der Waals surface area contributed by atoms with Gasteiger partial charge < -0.3 is 14.7 Å². The Morgan fingerprint density at radius 1 is 1.08 bits per heavy atom. The number of hydrogen-bond acceptors (Lipinski definition) is 5. The summed E-state index contributed by atoms with van der Waals surface area (Å²) in [6.07, 6.45) is -4.04. The zero-order valence-electron chi connectivity index (χ0n) is 14.5. The highest BCUT2D eigenvalue weighted by atomic mass is 19.4. The number of hydrogen-bond donors (Lipinski definition) is 1. The van der Waals surface area contributed by atoms with E-state index in [2.05, 4.69) is 14.7 Å². The Balaban J connectivity index is 1.74. The zero-order chi connectivity index (χ0) is 18.9. The van der Waals surface area contributed by atoms with Crippen molar-refractivity contribution >= 4 is 5.95 Å². The molecule has 0 saturated carbocycles. The lowest BCUT2D eigenvalue weighted by Gasteiger charge is -2.38. The van der Waals surface area contributed by atoms with Crippen LogP contribution in [0.2, 0.25) is 0 Å². The second-order valence-corrected chi connectivity index (χ2v) is 6.54. The lowest BCUT2D eigenvalue weighted by molar-refractivity contribution is -0.274. The quantitative estimate of drug-likeness (QED) is 0.900. The Bertz CT molecular complexity index is 767. The van der Waals surface area contributed by atoms with Gasteiger partial charge in [0.2, 0.25) is 5.95 Å². The van der Waals surface area contributed by atoms with Crippen LogP contribution in [0.15, 0.2) is 30.3 Å². The van der Waals surface area contributed by atoms with Crippen LogP contribution in [0.5, 0.6) is 5.75 Å². The summed E-state index contributed by atoms with van der Waals surface area (Å²) in [5, 5.41) is 10.9. The van der Waals surface area contributed by atoms with Gasteiger partial charge in [0.05, 0.1) is 5.60 Å². The minimum absolute atomic E-state index is 0.330. The highest BCUT2D eigenvalue weighted by Gasteiger charge is 2.36.